The van der Waals surface area contributed by atoms with Gasteiger partial charge in [-0.2, -0.15) is 0 Å². The maximum absolute atomic E-state index is 14.0. The van der Waals surface area contributed by atoms with E-state index in [9.17, 15) is 4.79 Å². The SMILES string of the molecule is Cc1cc(C)cc(-c2[nH]c3sc(C(C)(C)C(=O)N4C5CCC4CC5)cc3c2CCN2CCN(CCN3CCCCC3)CC2)c1. The highest BCUT2D eigenvalue weighted by molar-refractivity contribution is 7.19. The first-order valence-corrected chi connectivity index (χ1v) is 18.3. The Morgan fingerprint density at radius 1 is 0.795 bits per heavy atom. The molecule has 0 unspecified atom stereocenters. The molecule has 1 aromatic carbocycles. The molecule has 6 heterocycles. The van der Waals surface area contributed by atoms with Gasteiger partial charge in [0, 0.05) is 68.2 Å². The van der Waals surface area contributed by atoms with Crippen LogP contribution >= 0.6 is 11.3 Å². The van der Waals surface area contributed by atoms with E-state index in [1.54, 1.807) is 11.3 Å². The van der Waals surface area contributed by atoms with Gasteiger partial charge in [0.25, 0.3) is 0 Å². The molecule has 4 aliphatic rings. The van der Waals surface area contributed by atoms with E-state index in [-0.39, 0.29) is 0 Å². The topological polar surface area (TPSA) is 45.8 Å². The molecular formula is C37H53N5OS. The molecule has 3 aromatic rings. The lowest BCUT2D eigenvalue weighted by Crippen LogP contribution is -2.49. The summed E-state index contributed by atoms with van der Waals surface area (Å²) in [6.07, 6.45) is 9.95. The molecule has 0 radical (unpaired) electrons. The minimum absolute atomic E-state index is 0.334. The molecule has 4 saturated heterocycles. The molecular weight excluding hydrogens is 563 g/mol. The maximum Gasteiger partial charge on any atom is 0.233 e. The fourth-order valence-electron chi connectivity index (χ4n) is 8.61. The normalized spacial score (nSPS) is 23.8. The lowest BCUT2D eigenvalue weighted by Gasteiger charge is -2.36. The number of piperidine rings is 1. The number of aryl methyl sites for hydroxylation is 2. The van der Waals surface area contributed by atoms with Crippen molar-refractivity contribution in [2.75, 3.05) is 58.9 Å². The molecule has 2 bridgehead atoms. The number of hydrogen-bond acceptors (Lipinski definition) is 5. The Bertz CT molecular complexity index is 1430. The highest BCUT2D eigenvalue weighted by Gasteiger charge is 2.47. The van der Waals surface area contributed by atoms with Crippen LogP contribution in [0.5, 0.6) is 0 Å². The molecule has 7 rings (SSSR count). The number of H-pyrrole nitrogens is 1. The summed E-state index contributed by atoms with van der Waals surface area (Å²) in [4.78, 5) is 30.6. The van der Waals surface area contributed by atoms with E-state index in [4.69, 9.17) is 0 Å². The van der Waals surface area contributed by atoms with E-state index in [0.29, 0.717) is 18.0 Å². The number of rotatable bonds is 9. The second-order valence-electron chi connectivity index (χ2n) is 14.8. The van der Waals surface area contributed by atoms with Gasteiger partial charge in [0.15, 0.2) is 0 Å². The smallest absolute Gasteiger partial charge is 0.233 e. The van der Waals surface area contributed by atoms with Gasteiger partial charge in [-0.15, -0.1) is 11.3 Å². The van der Waals surface area contributed by atoms with Gasteiger partial charge in [0.2, 0.25) is 5.91 Å². The van der Waals surface area contributed by atoms with Gasteiger partial charge < -0.3 is 19.7 Å². The van der Waals surface area contributed by atoms with Crippen LogP contribution in [0.2, 0.25) is 0 Å². The first-order chi connectivity index (χ1) is 21.3. The summed E-state index contributed by atoms with van der Waals surface area (Å²) in [5.74, 6) is 0.334. The van der Waals surface area contributed by atoms with Gasteiger partial charge in [-0.25, -0.2) is 0 Å². The van der Waals surface area contributed by atoms with Crippen molar-refractivity contribution in [2.45, 2.75) is 96.6 Å². The van der Waals surface area contributed by atoms with E-state index in [2.05, 4.69) is 76.5 Å². The third kappa shape index (κ3) is 6.02. The van der Waals surface area contributed by atoms with Gasteiger partial charge in [-0.1, -0.05) is 23.6 Å². The predicted octanol–water partition coefficient (Wildman–Crippen LogP) is 6.59. The molecule has 4 fully saturated rings. The molecule has 2 aromatic heterocycles. The number of hydrogen-bond donors (Lipinski definition) is 1. The minimum Gasteiger partial charge on any atom is -0.346 e. The Labute approximate surface area is 268 Å². The van der Waals surface area contributed by atoms with Crippen molar-refractivity contribution in [3.8, 4) is 11.3 Å². The summed E-state index contributed by atoms with van der Waals surface area (Å²) in [6.45, 7) is 19.5. The highest BCUT2D eigenvalue weighted by Crippen LogP contribution is 2.44. The van der Waals surface area contributed by atoms with Gasteiger partial charge in [-0.05, 0) is 115 Å². The van der Waals surface area contributed by atoms with E-state index in [1.807, 2.05) is 0 Å². The largest absolute Gasteiger partial charge is 0.346 e. The molecule has 0 spiro atoms. The average Bonchev–Trinajstić information content (AvgIpc) is 3.80. The zero-order chi connectivity index (χ0) is 30.4. The Balaban J connectivity index is 1.09. The summed E-state index contributed by atoms with van der Waals surface area (Å²) in [5, 5.41) is 1.32. The minimum atomic E-state index is -0.502. The van der Waals surface area contributed by atoms with Gasteiger partial charge >= 0.3 is 0 Å². The molecule has 0 aliphatic carbocycles. The zero-order valence-corrected chi connectivity index (χ0v) is 28.4. The fraction of sp³-hybridized carbons (Fsp3) is 0.649. The second-order valence-corrected chi connectivity index (χ2v) is 15.9. The third-order valence-electron chi connectivity index (χ3n) is 11.3. The number of carbonyl (C=O) groups is 1. The van der Waals surface area contributed by atoms with Crippen LogP contribution in [0.15, 0.2) is 24.3 Å². The predicted molar refractivity (Wildman–Crippen MR) is 184 cm³/mol. The van der Waals surface area contributed by atoms with E-state index in [1.165, 1.54) is 127 Å². The summed E-state index contributed by atoms with van der Waals surface area (Å²) in [6, 6.07) is 10.2. The Morgan fingerprint density at radius 3 is 1.98 bits per heavy atom. The van der Waals surface area contributed by atoms with Crippen molar-refractivity contribution in [2.24, 2.45) is 0 Å². The van der Waals surface area contributed by atoms with Crippen molar-refractivity contribution in [3.63, 3.8) is 0 Å². The van der Waals surface area contributed by atoms with E-state index < -0.39 is 5.41 Å². The van der Waals surface area contributed by atoms with Gasteiger partial charge in [0.1, 0.15) is 4.83 Å². The van der Waals surface area contributed by atoms with Crippen LogP contribution in [-0.2, 0) is 16.6 Å². The van der Waals surface area contributed by atoms with Crippen molar-refractivity contribution >= 4 is 27.5 Å². The van der Waals surface area contributed by atoms with Crippen LogP contribution in [0, 0.1) is 13.8 Å². The Kier molecular flexibility index (Phi) is 8.68. The van der Waals surface area contributed by atoms with Crippen molar-refractivity contribution in [1.29, 1.82) is 0 Å². The van der Waals surface area contributed by atoms with Crippen LogP contribution < -0.4 is 0 Å². The molecule has 44 heavy (non-hydrogen) atoms. The lowest BCUT2D eigenvalue weighted by atomic mass is 9.88. The van der Waals surface area contributed by atoms with Crippen molar-refractivity contribution in [3.05, 3.63) is 45.8 Å². The third-order valence-corrected chi connectivity index (χ3v) is 12.6. The molecule has 1 N–H and O–H groups in total. The molecule has 7 heteroatoms. The summed E-state index contributed by atoms with van der Waals surface area (Å²) < 4.78 is 0. The number of piperazine rings is 1. The standard InChI is InChI=1S/C37H53N5OS/c1-26-22-27(2)24-28(23-26)34-31(12-15-40-17-20-41(21-18-40)19-16-39-13-6-5-7-14-39)32-25-33(44-35(32)38-34)37(3,4)36(43)42-29-8-9-30(42)11-10-29/h22-25,29-30,38H,5-21H2,1-4H3. The number of nitrogens with one attached hydrogen (secondary N) is 1. The number of amides is 1. The first-order valence-electron chi connectivity index (χ1n) is 17.5. The van der Waals surface area contributed by atoms with Crippen LogP contribution in [0.25, 0.3) is 21.5 Å². The first kappa shape index (κ1) is 30.5. The van der Waals surface area contributed by atoms with Crippen LogP contribution in [0.4, 0.5) is 0 Å². The molecule has 0 saturated carbocycles. The zero-order valence-electron chi connectivity index (χ0n) is 27.6. The second kappa shape index (κ2) is 12.5. The van der Waals surface area contributed by atoms with Crippen molar-refractivity contribution in [1.82, 2.24) is 24.6 Å². The maximum atomic E-state index is 14.0. The summed E-state index contributed by atoms with van der Waals surface area (Å²) in [5.41, 5.74) is 6.08. The number of likely N-dealkylation sites (tertiary alicyclic amines) is 1. The number of aromatic amines is 1. The number of nitrogens with zero attached hydrogens (tertiary/aromatic N) is 4. The fourth-order valence-corrected chi connectivity index (χ4v) is 9.79. The van der Waals surface area contributed by atoms with E-state index in [0.717, 1.165) is 26.1 Å². The number of carbonyl (C=O) groups excluding carboxylic acids is 1. The quantitative estimate of drug-likeness (QED) is 0.295. The van der Waals surface area contributed by atoms with Crippen LogP contribution in [-0.4, -0.2) is 101 Å². The lowest BCUT2D eigenvalue weighted by molar-refractivity contribution is -0.137. The van der Waals surface area contributed by atoms with Crippen LogP contribution in [0.1, 0.15) is 80.4 Å². The Hall–Kier alpha value is -2.19. The number of thiophene rings is 1. The number of aromatic nitrogens is 1. The summed E-state index contributed by atoms with van der Waals surface area (Å²) in [7, 11) is 0. The number of fused-ring (bicyclic) bond motifs is 3. The highest BCUT2D eigenvalue weighted by atomic mass is 32.1. The van der Waals surface area contributed by atoms with Gasteiger partial charge in [0.05, 0.1) is 11.1 Å². The monoisotopic (exact) mass is 615 g/mol. The molecule has 6 nitrogen and oxygen atoms in total. The van der Waals surface area contributed by atoms with Gasteiger partial charge in [-0.3, -0.25) is 9.69 Å². The average molecular weight is 616 g/mol. The molecule has 0 atom stereocenters. The van der Waals surface area contributed by atoms with Crippen molar-refractivity contribution < 1.29 is 4.79 Å². The molecule has 1 amide bonds. The number of benzene rings is 1. The Morgan fingerprint density at radius 2 is 1.36 bits per heavy atom. The summed E-state index contributed by atoms with van der Waals surface area (Å²) >= 11 is 1.80. The molecule has 238 valence electrons. The van der Waals surface area contributed by atoms with E-state index >= 15 is 0 Å². The molecule has 4 aliphatic heterocycles. The van der Waals surface area contributed by atoms with Crippen LogP contribution in [0.3, 0.4) is 0 Å².